The Labute approximate surface area is 105 Å². The fourth-order valence-corrected chi connectivity index (χ4v) is 3.56. The molecule has 0 saturated carbocycles. The average Bonchev–Trinajstić information content (AvgIpc) is 2.95. The van der Waals surface area contributed by atoms with Crippen molar-refractivity contribution in [3.05, 3.63) is 22.7 Å². The molecule has 3 nitrogen and oxygen atoms in total. The van der Waals surface area contributed by atoms with Gasteiger partial charge in [-0.05, 0) is 37.6 Å². The van der Waals surface area contributed by atoms with Crippen molar-refractivity contribution in [1.29, 1.82) is 0 Å². The minimum atomic E-state index is 0.581. The number of benzene rings is 1. The van der Waals surface area contributed by atoms with E-state index in [0.717, 1.165) is 24.4 Å². The van der Waals surface area contributed by atoms with E-state index >= 15 is 0 Å². The number of rotatable bonds is 2. The van der Waals surface area contributed by atoms with Crippen molar-refractivity contribution in [3.63, 3.8) is 0 Å². The molecule has 0 bridgehead atoms. The van der Waals surface area contributed by atoms with Gasteiger partial charge < -0.3 is 10.1 Å². The highest BCUT2D eigenvalue weighted by Gasteiger charge is 2.21. The Morgan fingerprint density at radius 3 is 3.06 bits per heavy atom. The Morgan fingerprint density at radius 1 is 1.47 bits per heavy atom. The first-order valence-electron chi connectivity index (χ1n) is 5.93. The molecule has 2 aromatic rings. The molecule has 17 heavy (non-hydrogen) atoms. The van der Waals surface area contributed by atoms with E-state index in [-0.39, 0.29) is 0 Å². The largest absolute Gasteiger partial charge is 0.494 e. The Balaban J connectivity index is 2.11. The lowest BCUT2D eigenvalue weighted by atomic mass is 10.1. The first kappa shape index (κ1) is 11.0. The number of hydrogen-bond acceptors (Lipinski definition) is 4. The van der Waals surface area contributed by atoms with Crippen molar-refractivity contribution in [2.45, 2.75) is 19.3 Å². The van der Waals surface area contributed by atoms with E-state index in [1.165, 1.54) is 21.7 Å². The van der Waals surface area contributed by atoms with E-state index < -0.39 is 0 Å². The van der Waals surface area contributed by atoms with Crippen molar-refractivity contribution in [3.8, 4) is 5.75 Å². The number of ether oxygens (including phenoxy) is 1. The number of thiazole rings is 1. The fourth-order valence-electron chi connectivity index (χ4n) is 2.34. The summed E-state index contributed by atoms with van der Waals surface area (Å²) in [4.78, 5) is 4.76. The molecule has 3 rings (SSSR count). The van der Waals surface area contributed by atoms with Gasteiger partial charge in [0.05, 0.1) is 16.8 Å². The molecule has 4 heteroatoms. The van der Waals surface area contributed by atoms with Crippen LogP contribution >= 0.6 is 11.3 Å². The van der Waals surface area contributed by atoms with Crippen LogP contribution in [0.15, 0.2) is 12.1 Å². The van der Waals surface area contributed by atoms with Crippen LogP contribution in [0.2, 0.25) is 0 Å². The monoisotopic (exact) mass is 248 g/mol. The van der Waals surface area contributed by atoms with E-state index in [2.05, 4.69) is 24.4 Å². The van der Waals surface area contributed by atoms with Crippen LogP contribution in [0.25, 0.3) is 10.2 Å². The molecule has 1 fully saturated rings. The number of hydrogen-bond donors (Lipinski definition) is 1. The summed E-state index contributed by atoms with van der Waals surface area (Å²) in [6.45, 7) is 4.26. The van der Waals surface area contributed by atoms with Crippen LogP contribution in [0.4, 0.5) is 0 Å². The van der Waals surface area contributed by atoms with Crippen LogP contribution in [0.5, 0.6) is 5.75 Å². The van der Waals surface area contributed by atoms with Crippen LogP contribution < -0.4 is 10.1 Å². The maximum atomic E-state index is 5.41. The van der Waals surface area contributed by atoms with Gasteiger partial charge in [-0.1, -0.05) is 0 Å². The lowest BCUT2D eigenvalue weighted by Gasteiger charge is -2.02. The summed E-state index contributed by atoms with van der Waals surface area (Å²) in [5.74, 6) is 1.48. The molecule has 90 valence electrons. The maximum Gasteiger partial charge on any atom is 0.146 e. The van der Waals surface area contributed by atoms with E-state index in [9.17, 15) is 0 Å². The van der Waals surface area contributed by atoms with E-state index in [1.54, 1.807) is 7.11 Å². The maximum absolute atomic E-state index is 5.41. The molecule has 0 amide bonds. The molecule has 1 atom stereocenters. The first-order chi connectivity index (χ1) is 8.28. The van der Waals surface area contributed by atoms with Crippen LogP contribution in [0.3, 0.4) is 0 Å². The van der Waals surface area contributed by atoms with Crippen molar-refractivity contribution >= 4 is 21.6 Å². The molecule has 1 aliphatic rings. The lowest BCUT2D eigenvalue weighted by molar-refractivity contribution is 0.418. The van der Waals surface area contributed by atoms with Gasteiger partial charge in [0, 0.05) is 12.5 Å². The van der Waals surface area contributed by atoms with E-state index in [4.69, 9.17) is 9.72 Å². The molecule has 1 N–H and O–H groups in total. The minimum Gasteiger partial charge on any atom is -0.494 e. The highest BCUT2D eigenvalue weighted by Crippen LogP contribution is 2.35. The van der Waals surface area contributed by atoms with Gasteiger partial charge in [0.1, 0.15) is 11.3 Å². The number of fused-ring (bicyclic) bond motifs is 1. The summed E-state index contributed by atoms with van der Waals surface area (Å²) in [7, 11) is 1.71. The summed E-state index contributed by atoms with van der Waals surface area (Å²) < 4.78 is 6.65. The van der Waals surface area contributed by atoms with Crippen molar-refractivity contribution < 1.29 is 4.74 Å². The van der Waals surface area contributed by atoms with Gasteiger partial charge in [-0.2, -0.15) is 0 Å². The topological polar surface area (TPSA) is 34.1 Å². The Bertz CT molecular complexity index is 544. The van der Waals surface area contributed by atoms with Gasteiger partial charge >= 0.3 is 0 Å². The summed E-state index contributed by atoms with van der Waals surface area (Å²) in [6, 6.07) is 4.25. The van der Waals surface area contributed by atoms with Crippen LogP contribution in [-0.2, 0) is 0 Å². The van der Waals surface area contributed by atoms with Crippen molar-refractivity contribution in [1.82, 2.24) is 10.3 Å². The second-order valence-corrected chi connectivity index (χ2v) is 5.62. The van der Waals surface area contributed by atoms with Crippen LogP contribution in [0.1, 0.15) is 22.9 Å². The molecule has 1 aliphatic heterocycles. The molecule has 1 aromatic carbocycles. The summed E-state index contributed by atoms with van der Waals surface area (Å²) in [6.07, 6.45) is 1.20. The number of methoxy groups -OCH3 is 1. The summed E-state index contributed by atoms with van der Waals surface area (Å²) >= 11 is 1.81. The lowest BCUT2D eigenvalue weighted by Crippen LogP contribution is -2.07. The van der Waals surface area contributed by atoms with Gasteiger partial charge in [0.2, 0.25) is 0 Å². The van der Waals surface area contributed by atoms with Gasteiger partial charge in [-0.3, -0.25) is 0 Å². The highest BCUT2D eigenvalue weighted by atomic mass is 32.1. The molecule has 1 unspecified atom stereocenters. The smallest absolute Gasteiger partial charge is 0.146 e. The standard InChI is InChI=1S/C13H16N2OS/c1-8-5-10(16-2)12-11(6-8)17-13(15-12)9-3-4-14-7-9/h5-6,9,14H,3-4,7H2,1-2H3. The van der Waals surface area contributed by atoms with E-state index in [0.29, 0.717) is 5.92 Å². The SMILES string of the molecule is COc1cc(C)cc2sc(C3CCNC3)nc12. The molecular weight excluding hydrogens is 232 g/mol. The Morgan fingerprint density at radius 2 is 2.35 bits per heavy atom. The van der Waals surface area contributed by atoms with Gasteiger partial charge in [-0.25, -0.2) is 4.98 Å². The molecule has 0 aliphatic carbocycles. The number of aryl methyl sites for hydroxylation is 1. The zero-order valence-corrected chi connectivity index (χ0v) is 10.9. The fraction of sp³-hybridized carbons (Fsp3) is 0.462. The summed E-state index contributed by atoms with van der Waals surface area (Å²) in [5.41, 5.74) is 2.25. The quantitative estimate of drug-likeness (QED) is 0.887. The summed E-state index contributed by atoms with van der Waals surface area (Å²) in [5, 5.41) is 4.63. The second kappa shape index (κ2) is 4.27. The van der Waals surface area contributed by atoms with Gasteiger partial charge in [0.25, 0.3) is 0 Å². The number of nitrogens with one attached hydrogen (secondary N) is 1. The van der Waals surface area contributed by atoms with Crippen LogP contribution in [-0.4, -0.2) is 25.2 Å². The zero-order valence-electron chi connectivity index (χ0n) is 10.1. The zero-order chi connectivity index (χ0) is 11.8. The molecule has 2 heterocycles. The van der Waals surface area contributed by atoms with Crippen LogP contribution in [0, 0.1) is 6.92 Å². The van der Waals surface area contributed by atoms with Crippen molar-refractivity contribution in [2.24, 2.45) is 0 Å². The predicted molar refractivity (Wildman–Crippen MR) is 71.1 cm³/mol. The number of aromatic nitrogens is 1. The van der Waals surface area contributed by atoms with E-state index in [1.807, 2.05) is 11.3 Å². The normalized spacial score (nSPS) is 20.0. The molecule has 1 saturated heterocycles. The van der Waals surface area contributed by atoms with Gasteiger partial charge in [0.15, 0.2) is 0 Å². The third-order valence-electron chi connectivity index (χ3n) is 3.25. The molecular formula is C13H16N2OS. The Kier molecular flexibility index (Phi) is 2.76. The third-order valence-corrected chi connectivity index (χ3v) is 4.42. The van der Waals surface area contributed by atoms with Crippen molar-refractivity contribution in [2.75, 3.05) is 20.2 Å². The molecule has 0 spiro atoms. The first-order valence-corrected chi connectivity index (χ1v) is 6.75. The Hall–Kier alpha value is -1.13. The second-order valence-electron chi connectivity index (χ2n) is 4.56. The number of nitrogens with zero attached hydrogens (tertiary/aromatic N) is 1. The third kappa shape index (κ3) is 1.91. The minimum absolute atomic E-state index is 0.581. The van der Waals surface area contributed by atoms with Gasteiger partial charge in [-0.15, -0.1) is 11.3 Å². The average molecular weight is 248 g/mol. The predicted octanol–water partition coefficient (Wildman–Crippen LogP) is 2.69. The highest BCUT2D eigenvalue weighted by molar-refractivity contribution is 7.18. The molecule has 0 radical (unpaired) electrons. The molecule has 1 aromatic heterocycles.